The number of carbonyl (C=O) groups is 3. The van der Waals surface area contributed by atoms with Gasteiger partial charge < -0.3 is 9.80 Å². The van der Waals surface area contributed by atoms with E-state index in [2.05, 4.69) is 0 Å². The van der Waals surface area contributed by atoms with Crippen LogP contribution in [0, 0.1) is 0 Å². The number of allylic oxidation sites excluding steroid dienone is 1. The zero-order chi connectivity index (χ0) is 25.9. The second-order valence-corrected chi connectivity index (χ2v) is 9.56. The van der Waals surface area contributed by atoms with Crippen LogP contribution in [0.2, 0.25) is 5.02 Å². The Hall–Kier alpha value is -3.13. The van der Waals surface area contributed by atoms with Crippen molar-refractivity contribution in [2.75, 3.05) is 26.2 Å². The standard InChI is InChI=1S/C27H26ClF3N2O3/c28-23-5-3-18(4-6-23)20-9-13-32(14-10-20)25(35)8-7-24(34)22-2-1-19-11-15-33(16-12-21(19)17-22)26(36)27(29,30)31/h1-8,17,20H,9-16H2. The first kappa shape index (κ1) is 25.9. The van der Waals surface area contributed by atoms with Crippen molar-refractivity contribution in [2.24, 2.45) is 0 Å². The quantitative estimate of drug-likeness (QED) is 0.424. The van der Waals surface area contributed by atoms with Crippen LogP contribution in [0.15, 0.2) is 54.6 Å². The van der Waals surface area contributed by atoms with E-state index in [9.17, 15) is 27.6 Å². The van der Waals surface area contributed by atoms with E-state index in [0.29, 0.717) is 29.6 Å². The number of hydrogen-bond donors (Lipinski definition) is 0. The fourth-order valence-corrected chi connectivity index (χ4v) is 4.90. The molecule has 0 aromatic heterocycles. The molecular weight excluding hydrogens is 493 g/mol. The third-order valence-corrected chi connectivity index (χ3v) is 7.10. The number of ketones is 1. The van der Waals surface area contributed by atoms with E-state index >= 15 is 0 Å². The molecule has 2 aliphatic rings. The Morgan fingerprint density at radius 2 is 1.47 bits per heavy atom. The van der Waals surface area contributed by atoms with E-state index in [-0.39, 0.29) is 37.6 Å². The molecule has 2 aliphatic heterocycles. The Labute approximate surface area is 212 Å². The fraction of sp³-hybridized carbons (Fsp3) is 0.370. The molecule has 36 heavy (non-hydrogen) atoms. The second kappa shape index (κ2) is 10.9. The van der Waals surface area contributed by atoms with E-state index in [0.717, 1.165) is 28.9 Å². The molecule has 2 amide bonds. The van der Waals surface area contributed by atoms with Crippen LogP contribution in [0.1, 0.15) is 45.8 Å². The first-order chi connectivity index (χ1) is 17.1. The van der Waals surface area contributed by atoms with E-state index in [1.54, 1.807) is 23.1 Å². The van der Waals surface area contributed by atoms with Crippen LogP contribution in [-0.4, -0.2) is 59.8 Å². The summed E-state index contributed by atoms with van der Waals surface area (Å²) in [5, 5.41) is 0.689. The molecule has 5 nitrogen and oxygen atoms in total. The molecule has 0 N–H and O–H groups in total. The molecular formula is C27H26ClF3N2O3. The van der Waals surface area contributed by atoms with Crippen molar-refractivity contribution in [3.63, 3.8) is 0 Å². The third-order valence-electron chi connectivity index (χ3n) is 6.85. The topological polar surface area (TPSA) is 57.7 Å². The summed E-state index contributed by atoms with van der Waals surface area (Å²) in [5.74, 6) is -2.06. The molecule has 1 saturated heterocycles. The highest BCUT2D eigenvalue weighted by Gasteiger charge is 2.42. The second-order valence-electron chi connectivity index (χ2n) is 9.12. The minimum atomic E-state index is -4.90. The Morgan fingerprint density at radius 3 is 2.11 bits per heavy atom. The lowest BCUT2D eigenvalue weighted by atomic mass is 9.89. The minimum Gasteiger partial charge on any atom is -0.339 e. The van der Waals surface area contributed by atoms with Gasteiger partial charge in [0.05, 0.1) is 0 Å². The number of alkyl halides is 3. The molecule has 2 aromatic carbocycles. The van der Waals surface area contributed by atoms with Gasteiger partial charge in [-0.05, 0) is 72.6 Å². The first-order valence-corrected chi connectivity index (χ1v) is 12.2. The molecule has 0 radical (unpaired) electrons. The number of halogens is 4. The summed E-state index contributed by atoms with van der Waals surface area (Å²) in [5.41, 5.74) is 3.11. The van der Waals surface area contributed by atoms with Gasteiger partial charge in [-0.2, -0.15) is 13.2 Å². The summed E-state index contributed by atoms with van der Waals surface area (Å²) in [7, 11) is 0. The Morgan fingerprint density at radius 1 is 0.833 bits per heavy atom. The van der Waals surface area contributed by atoms with Gasteiger partial charge in [0.15, 0.2) is 5.78 Å². The third kappa shape index (κ3) is 6.16. The maximum absolute atomic E-state index is 12.8. The van der Waals surface area contributed by atoms with Crippen molar-refractivity contribution in [3.05, 3.63) is 81.9 Å². The van der Waals surface area contributed by atoms with E-state index in [1.165, 1.54) is 17.7 Å². The fourth-order valence-electron chi connectivity index (χ4n) is 4.78. The highest BCUT2D eigenvalue weighted by atomic mass is 35.5. The van der Waals surface area contributed by atoms with Crippen molar-refractivity contribution < 1.29 is 27.6 Å². The van der Waals surface area contributed by atoms with Crippen LogP contribution >= 0.6 is 11.6 Å². The van der Waals surface area contributed by atoms with Gasteiger partial charge in [-0.25, -0.2) is 0 Å². The van der Waals surface area contributed by atoms with Gasteiger partial charge >= 0.3 is 12.1 Å². The van der Waals surface area contributed by atoms with Crippen LogP contribution in [0.5, 0.6) is 0 Å². The van der Waals surface area contributed by atoms with E-state index in [4.69, 9.17) is 11.6 Å². The number of fused-ring (bicyclic) bond motifs is 1. The van der Waals surface area contributed by atoms with Crippen LogP contribution in [0.3, 0.4) is 0 Å². The van der Waals surface area contributed by atoms with Crippen molar-refractivity contribution in [2.45, 2.75) is 37.8 Å². The molecule has 0 atom stereocenters. The number of piperidine rings is 1. The van der Waals surface area contributed by atoms with Crippen molar-refractivity contribution in [3.8, 4) is 0 Å². The zero-order valence-corrected chi connectivity index (χ0v) is 20.3. The summed E-state index contributed by atoms with van der Waals surface area (Å²) >= 11 is 5.95. The predicted octanol–water partition coefficient (Wildman–Crippen LogP) is 4.97. The number of likely N-dealkylation sites (tertiary alicyclic amines) is 1. The van der Waals surface area contributed by atoms with Gasteiger partial charge in [-0.1, -0.05) is 35.9 Å². The average Bonchev–Trinajstić information content (AvgIpc) is 3.08. The molecule has 0 saturated carbocycles. The lowest BCUT2D eigenvalue weighted by Gasteiger charge is -2.31. The Bertz CT molecular complexity index is 1170. The average molecular weight is 519 g/mol. The molecule has 0 unspecified atom stereocenters. The lowest BCUT2D eigenvalue weighted by Crippen LogP contribution is -2.42. The first-order valence-electron chi connectivity index (χ1n) is 11.9. The maximum atomic E-state index is 12.8. The summed E-state index contributed by atoms with van der Waals surface area (Å²) in [4.78, 5) is 39.4. The summed E-state index contributed by atoms with van der Waals surface area (Å²) < 4.78 is 38.3. The van der Waals surface area contributed by atoms with Crippen molar-refractivity contribution in [1.82, 2.24) is 9.80 Å². The number of nitrogens with zero attached hydrogens (tertiary/aromatic N) is 2. The number of benzene rings is 2. The Balaban J connectivity index is 1.33. The van der Waals surface area contributed by atoms with Crippen LogP contribution in [-0.2, 0) is 22.4 Å². The Kier molecular flexibility index (Phi) is 7.83. The number of rotatable bonds is 4. The monoisotopic (exact) mass is 518 g/mol. The van der Waals surface area contributed by atoms with Gasteiger partial charge in [0, 0.05) is 42.8 Å². The largest absolute Gasteiger partial charge is 0.471 e. The van der Waals surface area contributed by atoms with Crippen LogP contribution in [0.4, 0.5) is 13.2 Å². The highest BCUT2D eigenvalue weighted by Crippen LogP contribution is 2.29. The smallest absolute Gasteiger partial charge is 0.339 e. The summed E-state index contributed by atoms with van der Waals surface area (Å²) in [6.07, 6.45) is -0.219. The molecule has 0 spiro atoms. The molecule has 9 heteroatoms. The minimum absolute atomic E-state index is 0.0260. The lowest BCUT2D eigenvalue weighted by molar-refractivity contribution is -0.185. The highest BCUT2D eigenvalue weighted by molar-refractivity contribution is 6.30. The SMILES string of the molecule is O=C(C=CC(=O)N1CCC(c2ccc(Cl)cc2)CC1)c1ccc2c(c1)CCN(C(=O)C(F)(F)F)CC2. The molecule has 0 aliphatic carbocycles. The number of hydrogen-bond acceptors (Lipinski definition) is 3. The van der Waals surface area contributed by atoms with Gasteiger partial charge in [0.2, 0.25) is 5.91 Å². The van der Waals surface area contributed by atoms with E-state index in [1.807, 2.05) is 24.3 Å². The van der Waals surface area contributed by atoms with Gasteiger partial charge in [-0.15, -0.1) is 0 Å². The van der Waals surface area contributed by atoms with Gasteiger partial charge in [0.25, 0.3) is 0 Å². The summed E-state index contributed by atoms with van der Waals surface area (Å²) in [6, 6.07) is 12.7. The molecule has 0 bridgehead atoms. The molecule has 2 aromatic rings. The molecule has 190 valence electrons. The number of amides is 2. The van der Waals surface area contributed by atoms with E-state index < -0.39 is 12.1 Å². The van der Waals surface area contributed by atoms with Gasteiger partial charge in [0.1, 0.15) is 0 Å². The van der Waals surface area contributed by atoms with Gasteiger partial charge in [-0.3, -0.25) is 14.4 Å². The number of carbonyl (C=O) groups excluding carboxylic acids is 3. The molecule has 2 heterocycles. The van der Waals surface area contributed by atoms with Crippen LogP contribution in [0.25, 0.3) is 0 Å². The van der Waals surface area contributed by atoms with Crippen LogP contribution < -0.4 is 0 Å². The normalized spacial score (nSPS) is 17.1. The molecule has 4 rings (SSSR count). The maximum Gasteiger partial charge on any atom is 0.471 e. The zero-order valence-electron chi connectivity index (χ0n) is 19.6. The van der Waals surface area contributed by atoms with Crippen molar-refractivity contribution in [1.29, 1.82) is 0 Å². The van der Waals surface area contributed by atoms with Crippen molar-refractivity contribution >= 4 is 29.2 Å². The predicted molar refractivity (Wildman–Crippen MR) is 130 cm³/mol. The molecule has 1 fully saturated rings. The summed E-state index contributed by atoms with van der Waals surface area (Å²) in [6.45, 7) is 1.10.